The molecule has 0 bridgehead atoms. The molecule has 0 aromatic carbocycles. The Labute approximate surface area is 90.1 Å². The van der Waals surface area contributed by atoms with Gasteiger partial charge in [0.15, 0.2) is 0 Å². The summed E-state index contributed by atoms with van der Waals surface area (Å²) in [7, 11) is 0. The minimum atomic E-state index is -0.0835. The molecule has 0 saturated heterocycles. The third kappa shape index (κ3) is 4.14. The summed E-state index contributed by atoms with van der Waals surface area (Å²) in [6.45, 7) is 5.02. The number of rotatable bonds is 6. The fourth-order valence-corrected chi connectivity index (χ4v) is 1.35. The van der Waals surface area contributed by atoms with Crippen LogP contribution in [0.4, 0.5) is 5.95 Å². The van der Waals surface area contributed by atoms with Crippen LogP contribution in [0.3, 0.4) is 0 Å². The van der Waals surface area contributed by atoms with E-state index in [1.807, 2.05) is 6.92 Å². The van der Waals surface area contributed by atoms with E-state index in [1.165, 1.54) is 18.9 Å². The molecule has 0 aliphatic rings. The number of anilines is 1. The highest BCUT2D eigenvalue weighted by Gasteiger charge is 1.98. The van der Waals surface area contributed by atoms with E-state index in [1.54, 1.807) is 0 Å². The van der Waals surface area contributed by atoms with Gasteiger partial charge in [-0.25, -0.2) is 4.98 Å². The first-order valence-corrected chi connectivity index (χ1v) is 5.60. The molecule has 4 heteroatoms. The average Bonchev–Trinajstić information content (AvgIpc) is 2.23. The van der Waals surface area contributed by atoms with Gasteiger partial charge in [0.25, 0.3) is 5.56 Å². The third-order valence-corrected chi connectivity index (χ3v) is 2.23. The first-order chi connectivity index (χ1) is 7.26. The Hall–Kier alpha value is -1.32. The number of aromatic amines is 1. The summed E-state index contributed by atoms with van der Waals surface area (Å²) in [5.41, 5.74) is 0.747. The van der Waals surface area contributed by atoms with E-state index in [0.29, 0.717) is 5.95 Å². The summed E-state index contributed by atoms with van der Waals surface area (Å²) in [4.78, 5) is 18.2. The lowest BCUT2D eigenvalue weighted by molar-refractivity contribution is 0.739. The minimum Gasteiger partial charge on any atom is -0.356 e. The molecule has 0 fully saturated rings. The van der Waals surface area contributed by atoms with Gasteiger partial charge in [0, 0.05) is 18.3 Å². The predicted octanol–water partition coefficient (Wildman–Crippen LogP) is 1.93. The van der Waals surface area contributed by atoms with Crippen LogP contribution in [0, 0.1) is 0 Å². The number of aromatic nitrogens is 2. The highest BCUT2D eigenvalue weighted by molar-refractivity contribution is 5.24. The molecule has 0 radical (unpaired) electrons. The fraction of sp³-hybridized carbons (Fsp3) is 0.636. The number of nitrogens with one attached hydrogen (secondary N) is 2. The summed E-state index contributed by atoms with van der Waals surface area (Å²) in [6, 6.07) is 1.54. The fourth-order valence-electron chi connectivity index (χ4n) is 1.35. The number of hydrogen-bond donors (Lipinski definition) is 2. The van der Waals surface area contributed by atoms with E-state index in [9.17, 15) is 4.79 Å². The van der Waals surface area contributed by atoms with Crippen LogP contribution in [0.25, 0.3) is 0 Å². The van der Waals surface area contributed by atoms with Crippen LogP contribution in [-0.4, -0.2) is 16.5 Å². The molecule has 0 aliphatic carbocycles. The zero-order valence-corrected chi connectivity index (χ0v) is 9.47. The van der Waals surface area contributed by atoms with Gasteiger partial charge in [-0.2, -0.15) is 0 Å². The van der Waals surface area contributed by atoms with E-state index in [0.717, 1.165) is 25.1 Å². The van der Waals surface area contributed by atoms with Crippen LogP contribution in [0.1, 0.15) is 38.8 Å². The zero-order valence-electron chi connectivity index (χ0n) is 9.47. The van der Waals surface area contributed by atoms with Gasteiger partial charge < -0.3 is 5.32 Å². The summed E-state index contributed by atoms with van der Waals surface area (Å²) >= 11 is 0. The van der Waals surface area contributed by atoms with Crippen molar-refractivity contribution in [1.82, 2.24) is 9.97 Å². The molecule has 1 aromatic heterocycles. The Morgan fingerprint density at radius 3 is 2.87 bits per heavy atom. The van der Waals surface area contributed by atoms with Gasteiger partial charge in [-0.05, 0) is 12.8 Å². The average molecular weight is 209 g/mol. The van der Waals surface area contributed by atoms with Gasteiger partial charge in [0.2, 0.25) is 5.95 Å². The molecule has 0 atom stereocenters. The maximum Gasteiger partial charge on any atom is 0.252 e. The standard InChI is InChI=1S/C11H19N3O/c1-3-5-6-7-12-11-13-9(4-2)8-10(15)14-11/h8H,3-7H2,1-2H3,(H2,12,13,14,15). The number of H-pyrrole nitrogens is 1. The second-order valence-corrected chi connectivity index (χ2v) is 3.57. The van der Waals surface area contributed by atoms with Crippen LogP contribution in [0.2, 0.25) is 0 Å². The molecule has 84 valence electrons. The molecular weight excluding hydrogens is 190 g/mol. The lowest BCUT2D eigenvalue weighted by Gasteiger charge is -2.05. The molecule has 0 saturated carbocycles. The summed E-state index contributed by atoms with van der Waals surface area (Å²) in [6.07, 6.45) is 4.29. The van der Waals surface area contributed by atoms with Crippen LogP contribution >= 0.6 is 0 Å². The summed E-state index contributed by atoms with van der Waals surface area (Å²) < 4.78 is 0. The Kier molecular flexibility index (Phi) is 4.87. The maximum absolute atomic E-state index is 11.2. The molecule has 0 spiro atoms. The van der Waals surface area contributed by atoms with Crippen molar-refractivity contribution in [1.29, 1.82) is 0 Å². The zero-order chi connectivity index (χ0) is 11.1. The molecule has 0 unspecified atom stereocenters. The van der Waals surface area contributed by atoms with Gasteiger partial charge >= 0.3 is 0 Å². The Balaban J connectivity index is 2.53. The predicted molar refractivity (Wildman–Crippen MR) is 62.3 cm³/mol. The lowest BCUT2D eigenvalue weighted by atomic mass is 10.2. The topological polar surface area (TPSA) is 57.8 Å². The van der Waals surface area contributed by atoms with Crippen LogP contribution < -0.4 is 10.9 Å². The second kappa shape index (κ2) is 6.22. The van der Waals surface area contributed by atoms with Crippen molar-refractivity contribution in [3.63, 3.8) is 0 Å². The van der Waals surface area contributed by atoms with Crippen LogP contribution in [0.15, 0.2) is 10.9 Å². The van der Waals surface area contributed by atoms with Crippen LogP contribution in [0.5, 0.6) is 0 Å². The van der Waals surface area contributed by atoms with Gasteiger partial charge in [-0.3, -0.25) is 9.78 Å². The molecule has 4 nitrogen and oxygen atoms in total. The second-order valence-electron chi connectivity index (χ2n) is 3.57. The first kappa shape index (κ1) is 11.8. The molecule has 1 heterocycles. The monoisotopic (exact) mass is 209 g/mol. The number of hydrogen-bond acceptors (Lipinski definition) is 3. The Bertz CT molecular complexity index is 346. The van der Waals surface area contributed by atoms with Crippen molar-refractivity contribution in [3.05, 3.63) is 22.1 Å². The molecule has 0 amide bonds. The van der Waals surface area contributed by atoms with E-state index in [4.69, 9.17) is 0 Å². The molecule has 2 N–H and O–H groups in total. The normalized spacial score (nSPS) is 10.3. The van der Waals surface area contributed by atoms with Crippen molar-refractivity contribution in [3.8, 4) is 0 Å². The highest BCUT2D eigenvalue weighted by atomic mass is 16.1. The summed E-state index contributed by atoms with van der Waals surface area (Å²) in [5.74, 6) is 0.593. The van der Waals surface area contributed by atoms with Crippen molar-refractivity contribution in [2.45, 2.75) is 39.5 Å². The minimum absolute atomic E-state index is 0.0835. The van der Waals surface area contributed by atoms with Crippen molar-refractivity contribution < 1.29 is 0 Å². The van der Waals surface area contributed by atoms with Gasteiger partial charge in [-0.1, -0.05) is 26.7 Å². The Morgan fingerprint density at radius 1 is 1.40 bits per heavy atom. The van der Waals surface area contributed by atoms with E-state index in [-0.39, 0.29) is 5.56 Å². The molecule has 0 aliphatic heterocycles. The number of unbranched alkanes of at least 4 members (excludes halogenated alkanes) is 2. The van der Waals surface area contributed by atoms with Gasteiger partial charge in [0.05, 0.1) is 0 Å². The molecule has 15 heavy (non-hydrogen) atoms. The van der Waals surface area contributed by atoms with Gasteiger partial charge in [0.1, 0.15) is 0 Å². The smallest absolute Gasteiger partial charge is 0.252 e. The highest BCUT2D eigenvalue weighted by Crippen LogP contribution is 1.99. The Morgan fingerprint density at radius 2 is 2.20 bits per heavy atom. The quantitative estimate of drug-likeness (QED) is 0.704. The molecule has 1 aromatic rings. The number of aryl methyl sites for hydroxylation is 1. The van der Waals surface area contributed by atoms with Gasteiger partial charge in [-0.15, -0.1) is 0 Å². The van der Waals surface area contributed by atoms with E-state index in [2.05, 4.69) is 22.2 Å². The van der Waals surface area contributed by atoms with E-state index >= 15 is 0 Å². The van der Waals surface area contributed by atoms with Crippen molar-refractivity contribution in [2.75, 3.05) is 11.9 Å². The van der Waals surface area contributed by atoms with E-state index < -0.39 is 0 Å². The van der Waals surface area contributed by atoms with Crippen molar-refractivity contribution >= 4 is 5.95 Å². The molecule has 1 rings (SSSR count). The molecular formula is C11H19N3O. The van der Waals surface area contributed by atoms with Crippen LogP contribution in [-0.2, 0) is 6.42 Å². The number of nitrogens with zero attached hydrogens (tertiary/aromatic N) is 1. The lowest BCUT2D eigenvalue weighted by Crippen LogP contribution is -2.14. The third-order valence-electron chi connectivity index (χ3n) is 2.23. The SMILES string of the molecule is CCCCCNc1nc(CC)cc(=O)[nH]1. The maximum atomic E-state index is 11.2. The van der Waals surface area contributed by atoms with Crippen molar-refractivity contribution in [2.24, 2.45) is 0 Å². The summed E-state index contributed by atoms with van der Waals surface area (Å²) in [5, 5.41) is 3.13. The first-order valence-electron chi connectivity index (χ1n) is 5.60. The largest absolute Gasteiger partial charge is 0.356 e.